The standard InChI is InChI=1S/C25H41BO4/c1-22(2,3)26-29-15-21(28)25(30-26)13-10-20-18-7-6-16-14-17(27)8-11-23(16,4)19(18)9-12-24(20,25)5/h16-20,27H,6-15H2,1-5H3/t16-,17-,18-,19+,20+,23+,24+,25+/m1/s1. The van der Waals surface area contributed by atoms with Crippen molar-refractivity contribution in [2.45, 2.75) is 109 Å². The minimum Gasteiger partial charge on any atom is -0.403 e. The Morgan fingerprint density at radius 2 is 1.73 bits per heavy atom. The van der Waals surface area contributed by atoms with Crippen molar-refractivity contribution in [3.8, 4) is 0 Å². The molecule has 1 heterocycles. The van der Waals surface area contributed by atoms with E-state index < -0.39 is 5.60 Å². The molecule has 1 spiro atoms. The van der Waals surface area contributed by atoms with Crippen LogP contribution in [0.15, 0.2) is 0 Å². The van der Waals surface area contributed by atoms with Gasteiger partial charge in [0, 0.05) is 5.41 Å². The summed E-state index contributed by atoms with van der Waals surface area (Å²) in [6, 6.07) is 0. The maximum atomic E-state index is 13.4. The summed E-state index contributed by atoms with van der Waals surface area (Å²) >= 11 is 0. The molecule has 4 nitrogen and oxygen atoms in total. The highest BCUT2D eigenvalue weighted by Gasteiger charge is 2.69. The van der Waals surface area contributed by atoms with E-state index in [0.29, 0.717) is 23.2 Å². The zero-order valence-corrected chi connectivity index (χ0v) is 19.7. The smallest absolute Gasteiger partial charge is 0.403 e. The minimum absolute atomic E-state index is 0.0735. The van der Waals surface area contributed by atoms with Crippen LogP contribution < -0.4 is 0 Å². The van der Waals surface area contributed by atoms with Crippen molar-refractivity contribution in [3.63, 3.8) is 0 Å². The molecule has 0 aromatic heterocycles. The molecular formula is C25H41BO4. The van der Waals surface area contributed by atoms with Gasteiger partial charge >= 0.3 is 7.12 Å². The van der Waals surface area contributed by atoms with Gasteiger partial charge in [0.15, 0.2) is 5.78 Å². The van der Waals surface area contributed by atoms with Crippen molar-refractivity contribution in [2.24, 2.45) is 34.5 Å². The fraction of sp³-hybridized carbons (Fsp3) is 0.960. The first-order valence-electron chi connectivity index (χ1n) is 12.5. The van der Waals surface area contributed by atoms with Crippen LogP contribution in [0.4, 0.5) is 0 Å². The fourth-order valence-corrected chi connectivity index (χ4v) is 8.86. The molecule has 168 valence electrons. The van der Waals surface area contributed by atoms with Crippen molar-refractivity contribution in [1.82, 2.24) is 0 Å². The largest absolute Gasteiger partial charge is 0.463 e. The van der Waals surface area contributed by atoms with E-state index in [1.165, 1.54) is 25.7 Å². The molecule has 0 aromatic carbocycles. The van der Waals surface area contributed by atoms with E-state index in [2.05, 4.69) is 34.6 Å². The number of Topliss-reactive ketones (excluding diaryl/α,β-unsaturated/α-hetero) is 1. The maximum Gasteiger partial charge on any atom is 0.463 e. The normalized spacial score (nSPS) is 51.5. The number of fused-ring (bicyclic) bond motifs is 6. The number of aliphatic hydroxyl groups excluding tert-OH is 1. The van der Waals surface area contributed by atoms with Gasteiger partial charge < -0.3 is 14.4 Å². The first kappa shape index (κ1) is 21.5. The number of carbonyl (C=O) groups excluding carboxylic acids is 1. The fourth-order valence-electron chi connectivity index (χ4n) is 8.86. The first-order chi connectivity index (χ1) is 14.0. The van der Waals surface area contributed by atoms with Crippen LogP contribution >= 0.6 is 0 Å². The van der Waals surface area contributed by atoms with Gasteiger partial charge in [0.25, 0.3) is 0 Å². The van der Waals surface area contributed by atoms with E-state index in [1.54, 1.807) is 0 Å². The number of aliphatic hydroxyl groups is 1. The van der Waals surface area contributed by atoms with Gasteiger partial charge in [-0.05, 0) is 92.2 Å². The lowest BCUT2D eigenvalue weighted by Crippen LogP contribution is -2.64. The lowest BCUT2D eigenvalue weighted by atomic mass is 9.44. The molecule has 0 radical (unpaired) electrons. The predicted molar refractivity (Wildman–Crippen MR) is 118 cm³/mol. The van der Waals surface area contributed by atoms with Crippen LogP contribution in [0.2, 0.25) is 5.31 Å². The Labute approximate surface area is 183 Å². The molecule has 5 fully saturated rings. The molecule has 4 saturated carbocycles. The van der Waals surface area contributed by atoms with Crippen LogP contribution in [0, 0.1) is 34.5 Å². The van der Waals surface area contributed by atoms with Crippen molar-refractivity contribution in [3.05, 3.63) is 0 Å². The van der Waals surface area contributed by atoms with Gasteiger partial charge in [0.2, 0.25) is 0 Å². The molecule has 5 heteroatoms. The number of rotatable bonds is 0. The molecule has 0 amide bonds. The Balaban J connectivity index is 1.45. The van der Waals surface area contributed by atoms with Crippen molar-refractivity contribution < 1.29 is 19.2 Å². The van der Waals surface area contributed by atoms with Crippen molar-refractivity contribution in [1.29, 1.82) is 0 Å². The molecule has 1 saturated heterocycles. The van der Waals surface area contributed by atoms with E-state index in [-0.39, 0.29) is 36.3 Å². The van der Waals surface area contributed by atoms with Crippen LogP contribution in [-0.2, 0) is 14.1 Å². The van der Waals surface area contributed by atoms with Gasteiger partial charge in [-0.2, -0.15) is 0 Å². The molecule has 0 aromatic rings. The van der Waals surface area contributed by atoms with E-state index in [0.717, 1.165) is 38.0 Å². The zero-order valence-electron chi connectivity index (χ0n) is 19.7. The number of carbonyl (C=O) groups is 1. The summed E-state index contributed by atoms with van der Waals surface area (Å²) in [5.41, 5.74) is -0.358. The van der Waals surface area contributed by atoms with Crippen LogP contribution in [0.3, 0.4) is 0 Å². The van der Waals surface area contributed by atoms with Crippen LogP contribution in [0.25, 0.3) is 0 Å². The van der Waals surface area contributed by atoms with E-state index in [1.807, 2.05) is 0 Å². The Bertz CT molecular complexity index is 718. The second-order valence-corrected chi connectivity index (χ2v) is 13.0. The Kier molecular flexibility index (Phi) is 4.87. The topological polar surface area (TPSA) is 55.8 Å². The number of hydrogen-bond donors (Lipinski definition) is 1. The molecule has 0 unspecified atom stereocenters. The summed E-state index contributed by atoms with van der Waals surface area (Å²) in [4.78, 5) is 13.4. The van der Waals surface area contributed by atoms with Crippen molar-refractivity contribution in [2.75, 3.05) is 6.61 Å². The number of ketones is 1. The Morgan fingerprint density at radius 1 is 1.00 bits per heavy atom. The van der Waals surface area contributed by atoms with E-state index in [4.69, 9.17) is 9.31 Å². The third-order valence-electron chi connectivity index (χ3n) is 10.6. The molecule has 1 aliphatic heterocycles. The average molecular weight is 416 g/mol. The van der Waals surface area contributed by atoms with Gasteiger partial charge in [-0.3, -0.25) is 4.79 Å². The first-order valence-corrected chi connectivity index (χ1v) is 12.5. The highest BCUT2D eigenvalue weighted by atomic mass is 16.6. The van der Waals surface area contributed by atoms with Gasteiger partial charge in [0.1, 0.15) is 5.60 Å². The monoisotopic (exact) mass is 416 g/mol. The zero-order chi connectivity index (χ0) is 21.5. The summed E-state index contributed by atoms with van der Waals surface area (Å²) < 4.78 is 12.6. The van der Waals surface area contributed by atoms with Gasteiger partial charge in [0.05, 0.1) is 12.7 Å². The second kappa shape index (κ2) is 6.81. The highest BCUT2D eigenvalue weighted by molar-refractivity contribution is 6.49. The molecule has 1 N–H and O–H groups in total. The van der Waals surface area contributed by atoms with E-state index >= 15 is 0 Å². The van der Waals surface area contributed by atoms with Gasteiger partial charge in [-0.1, -0.05) is 34.6 Å². The average Bonchev–Trinajstić information content (AvgIpc) is 2.97. The molecule has 5 rings (SSSR count). The Hall–Kier alpha value is -0.385. The quantitative estimate of drug-likeness (QED) is 0.563. The molecule has 8 atom stereocenters. The van der Waals surface area contributed by atoms with E-state index in [9.17, 15) is 9.90 Å². The highest BCUT2D eigenvalue weighted by Crippen LogP contribution is 2.69. The molecule has 0 bridgehead atoms. The van der Waals surface area contributed by atoms with Gasteiger partial charge in [-0.15, -0.1) is 0 Å². The predicted octanol–water partition coefficient (Wildman–Crippen LogP) is 5.03. The molecular weight excluding hydrogens is 375 g/mol. The molecule has 4 aliphatic carbocycles. The summed E-state index contributed by atoms with van der Waals surface area (Å²) in [5.74, 6) is 2.88. The summed E-state index contributed by atoms with van der Waals surface area (Å²) in [7, 11) is -0.309. The SMILES string of the molecule is CC(C)(C)B1OCC(=O)[C@]2(CC[C@H]3[C@@H]4CC[C@@H]5C[C@H](O)CC[C@]5(C)[C@H]4CC[C@@]32C)O1. The Morgan fingerprint density at radius 3 is 2.47 bits per heavy atom. The minimum atomic E-state index is -0.653. The summed E-state index contributed by atoms with van der Waals surface area (Å²) in [6.45, 7) is 11.5. The maximum absolute atomic E-state index is 13.4. The second-order valence-electron chi connectivity index (χ2n) is 13.0. The molecule has 30 heavy (non-hydrogen) atoms. The van der Waals surface area contributed by atoms with Crippen molar-refractivity contribution >= 4 is 12.9 Å². The lowest BCUT2D eigenvalue weighted by molar-refractivity contribution is -0.179. The van der Waals surface area contributed by atoms with Gasteiger partial charge in [-0.25, -0.2) is 0 Å². The number of hydrogen-bond acceptors (Lipinski definition) is 4. The summed E-state index contributed by atoms with van der Waals surface area (Å²) in [5, 5.41) is 10.1. The van der Waals surface area contributed by atoms with Crippen LogP contribution in [0.1, 0.15) is 92.4 Å². The van der Waals surface area contributed by atoms with Crippen LogP contribution in [-0.4, -0.2) is 36.3 Å². The third-order valence-corrected chi connectivity index (χ3v) is 10.6. The third kappa shape index (κ3) is 2.80. The van der Waals surface area contributed by atoms with Crippen LogP contribution in [0.5, 0.6) is 0 Å². The lowest BCUT2D eigenvalue weighted by Gasteiger charge is -2.62. The molecule has 5 aliphatic rings. The summed E-state index contributed by atoms with van der Waals surface area (Å²) in [6.07, 6.45) is 9.83.